The molecule has 3 heteroatoms. The van der Waals surface area contributed by atoms with Crippen LogP contribution in [0.2, 0.25) is 0 Å². The van der Waals surface area contributed by atoms with Gasteiger partial charge in [-0.1, -0.05) is 61.2 Å². The molecule has 142 valence electrons. The molecule has 2 N–H and O–H groups in total. The summed E-state index contributed by atoms with van der Waals surface area (Å²) in [6.45, 7) is 3.91. The van der Waals surface area contributed by atoms with E-state index >= 15 is 0 Å². The monoisotopic (exact) mass is 377 g/mol. The largest absolute Gasteiger partial charge is 0.321 e. The Hall–Kier alpha value is -3.30. The van der Waals surface area contributed by atoms with Crippen LogP contribution in [0.25, 0.3) is 39.4 Å². The SMILES string of the molecule is C=Cc1nccc2nc(-c3ccc(C4(N)CCC4)cc3)c(-c3ccccc3)cc12. The molecule has 2 heterocycles. The molecule has 0 aliphatic heterocycles. The highest BCUT2D eigenvalue weighted by atomic mass is 14.8. The van der Waals surface area contributed by atoms with E-state index in [1.807, 2.05) is 12.1 Å². The second kappa shape index (κ2) is 6.94. The van der Waals surface area contributed by atoms with Gasteiger partial charge in [0, 0.05) is 28.2 Å². The normalized spacial score (nSPS) is 15.1. The second-order valence-corrected chi connectivity index (χ2v) is 7.80. The van der Waals surface area contributed by atoms with Crippen LogP contribution in [-0.4, -0.2) is 9.97 Å². The van der Waals surface area contributed by atoms with Gasteiger partial charge in [-0.3, -0.25) is 4.98 Å². The molecule has 0 spiro atoms. The average Bonchev–Trinajstić information content (AvgIpc) is 2.77. The van der Waals surface area contributed by atoms with Crippen LogP contribution < -0.4 is 5.73 Å². The standard InChI is InChI=1S/C26H23N3/c1-2-23-22-17-21(18-7-4-3-5-8-18)25(29-24(22)13-16-28-23)19-9-11-20(12-10-19)26(27)14-6-15-26/h2-5,7-13,16-17H,1,6,14-15,27H2. The summed E-state index contributed by atoms with van der Waals surface area (Å²) >= 11 is 0. The Morgan fingerprint density at radius 1 is 0.931 bits per heavy atom. The van der Waals surface area contributed by atoms with E-state index in [9.17, 15) is 0 Å². The molecule has 29 heavy (non-hydrogen) atoms. The van der Waals surface area contributed by atoms with Gasteiger partial charge in [0.25, 0.3) is 0 Å². The molecular weight excluding hydrogens is 354 g/mol. The quantitative estimate of drug-likeness (QED) is 0.478. The van der Waals surface area contributed by atoms with E-state index < -0.39 is 0 Å². The number of nitrogens with zero attached hydrogens (tertiary/aromatic N) is 2. The van der Waals surface area contributed by atoms with Crippen molar-refractivity contribution in [1.82, 2.24) is 9.97 Å². The fraction of sp³-hybridized carbons (Fsp3) is 0.154. The molecule has 3 nitrogen and oxygen atoms in total. The Kier molecular flexibility index (Phi) is 4.26. The zero-order valence-corrected chi connectivity index (χ0v) is 16.3. The highest BCUT2D eigenvalue weighted by Crippen LogP contribution is 2.40. The van der Waals surface area contributed by atoms with Crippen molar-refractivity contribution in [3.63, 3.8) is 0 Å². The molecule has 0 amide bonds. The van der Waals surface area contributed by atoms with Gasteiger partial charge in [0.05, 0.1) is 16.9 Å². The first-order valence-corrected chi connectivity index (χ1v) is 10.1. The maximum absolute atomic E-state index is 6.51. The molecule has 4 aromatic rings. The van der Waals surface area contributed by atoms with Crippen molar-refractivity contribution in [2.24, 2.45) is 5.73 Å². The molecule has 0 unspecified atom stereocenters. The van der Waals surface area contributed by atoms with E-state index in [4.69, 9.17) is 10.7 Å². The van der Waals surface area contributed by atoms with Gasteiger partial charge >= 0.3 is 0 Å². The number of fused-ring (bicyclic) bond motifs is 1. The summed E-state index contributed by atoms with van der Waals surface area (Å²) in [5.74, 6) is 0. The van der Waals surface area contributed by atoms with Crippen molar-refractivity contribution in [3.05, 3.63) is 90.8 Å². The van der Waals surface area contributed by atoms with E-state index in [2.05, 4.69) is 66.2 Å². The van der Waals surface area contributed by atoms with E-state index in [1.165, 1.54) is 12.0 Å². The zero-order chi connectivity index (χ0) is 19.8. The summed E-state index contributed by atoms with van der Waals surface area (Å²) < 4.78 is 0. The molecule has 5 rings (SSSR count). The summed E-state index contributed by atoms with van der Waals surface area (Å²) in [6, 6.07) is 23.1. The van der Waals surface area contributed by atoms with Gasteiger partial charge in [-0.2, -0.15) is 0 Å². The maximum Gasteiger partial charge on any atom is 0.0788 e. The lowest BCUT2D eigenvalue weighted by molar-refractivity contribution is 0.253. The lowest BCUT2D eigenvalue weighted by atomic mass is 9.72. The molecule has 1 saturated carbocycles. The third-order valence-electron chi connectivity index (χ3n) is 6.03. The fourth-order valence-electron chi connectivity index (χ4n) is 4.14. The van der Waals surface area contributed by atoms with Gasteiger partial charge in [-0.25, -0.2) is 4.98 Å². The summed E-state index contributed by atoms with van der Waals surface area (Å²) in [7, 11) is 0. The molecule has 2 aromatic carbocycles. The van der Waals surface area contributed by atoms with E-state index in [1.54, 1.807) is 12.3 Å². The Morgan fingerprint density at radius 2 is 1.69 bits per heavy atom. The first-order valence-electron chi connectivity index (χ1n) is 10.1. The molecule has 0 bridgehead atoms. The second-order valence-electron chi connectivity index (χ2n) is 7.80. The van der Waals surface area contributed by atoms with Crippen molar-refractivity contribution in [1.29, 1.82) is 0 Å². The molecule has 1 aliphatic carbocycles. The van der Waals surface area contributed by atoms with Crippen LogP contribution in [-0.2, 0) is 5.54 Å². The Balaban J connectivity index is 1.70. The van der Waals surface area contributed by atoms with Crippen LogP contribution in [0.5, 0.6) is 0 Å². The maximum atomic E-state index is 6.51. The van der Waals surface area contributed by atoms with Crippen LogP contribution in [0.1, 0.15) is 30.5 Å². The minimum atomic E-state index is -0.151. The highest BCUT2D eigenvalue weighted by molar-refractivity contribution is 5.94. The minimum absolute atomic E-state index is 0.151. The molecular formula is C26H23N3. The van der Waals surface area contributed by atoms with Gasteiger partial charge in [0.15, 0.2) is 0 Å². The lowest BCUT2D eigenvalue weighted by Gasteiger charge is -2.38. The van der Waals surface area contributed by atoms with Crippen LogP contribution >= 0.6 is 0 Å². The van der Waals surface area contributed by atoms with Crippen molar-refractivity contribution in [3.8, 4) is 22.4 Å². The summed E-state index contributed by atoms with van der Waals surface area (Å²) in [5.41, 5.74) is 13.6. The van der Waals surface area contributed by atoms with Crippen LogP contribution in [0.3, 0.4) is 0 Å². The molecule has 1 fully saturated rings. The van der Waals surface area contributed by atoms with Gasteiger partial charge in [0.2, 0.25) is 0 Å². The van der Waals surface area contributed by atoms with Gasteiger partial charge in [0.1, 0.15) is 0 Å². The predicted octanol–water partition coefficient (Wildman–Crippen LogP) is 5.94. The Bertz CT molecular complexity index is 1190. The number of pyridine rings is 2. The lowest BCUT2D eigenvalue weighted by Crippen LogP contribution is -2.43. The molecule has 2 aromatic heterocycles. The van der Waals surface area contributed by atoms with Crippen LogP contribution in [0.4, 0.5) is 0 Å². The van der Waals surface area contributed by atoms with Crippen LogP contribution in [0.15, 0.2) is 79.5 Å². The number of hydrogen-bond donors (Lipinski definition) is 1. The smallest absolute Gasteiger partial charge is 0.0788 e. The first-order chi connectivity index (χ1) is 14.2. The minimum Gasteiger partial charge on any atom is -0.321 e. The number of aromatic nitrogens is 2. The first kappa shape index (κ1) is 17.8. The van der Waals surface area contributed by atoms with Crippen molar-refractivity contribution in [2.45, 2.75) is 24.8 Å². The van der Waals surface area contributed by atoms with Gasteiger partial charge in [-0.05, 0) is 48.6 Å². The van der Waals surface area contributed by atoms with E-state index in [-0.39, 0.29) is 5.54 Å². The predicted molar refractivity (Wildman–Crippen MR) is 120 cm³/mol. The average molecular weight is 377 g/mol. The number of hydrogen-bond acceptors (Lipinski definition) is 3. The van der Waals surface area contributed by atoms with Gasteiger partial charge < -0.3 is 5.73 Å². The fourth-order valence-corrected chi connectivity index (χ4v) is 4.14. The number of benzene rings is 2. The summed E-state index contributed by atoms with van der Waals surface area (Å²) in [5, 5.41) is 1.01. The van der Waals surface area contributed by atoms with Gasteiger partial charge in [-0.15, -0.1) is 0 Å². The summed E-state index contributed by atoms with van der Waals surface area (Å²) in [4.78, 5) is 9.48. The zero-order valence-electron chi connectivity index (χ0n) is 16.3. The molecule has 0 atom stereocenters. The molecule has 0 radical (unpaired) electrons. The third kappa shape index (κ3) is 3.04. The molecule has 0 saturated heterocycles. The Morgan fingerprint density at radius 3 is 2.34 bits per heavy atom. The third-order valence-corrected chi connectivity index (χ3v) is 6.03. The number of rotatable bonds is 4. The highest BCUT2D eigenvalue weighted by Gasteiger charge is 2.34. The van der Waals surface area contributed by atoms with Crippen molar-refractivity contribution >= 4 is 17.0 Å². The van der Waals surface area contributed by atoms with Crippen LogP contribution in [0, 0.1) is 0 Å². The molecule has 1 aliphatic rings. The van der Waals surface area contributed by atoms with Crippen molar-refractivity contribution in [2.75, 3.05) is 0 Å². The topological polar surface area (TPSA) is 51.8 Å². The summed E-state index contributed by atoms with van der Waals surface area (Å²) in [6.07, 6.45) is 6.91. The van der Waals surface area contributed by atoms with E-state index in [0.717, 1.165) is 51.8 Å². The number of nitrogens with two attached hydrogens (primary N) is 1. The van der Waals surface area contributed by atoms with E-state index in [0.29, 0.717) is 0 Å². The Labute approximate surface area is 171 Å². The van der Waals surface area contributed by atoms with Crippen molar-refractivity contribution < 1.29 is 0 Å².